The highest BCUT2D eigenvalue weighted by Crippen LogP contribution is 2.50. The third-order valence-corrected chi connectivity index (χ3v) is 9.22. The molecular formula is C25H31N5O2S. The van der Waals surface area contributed by atoms with Gasteiger partial charge in [0.15, 0.2) is 0 Å². The summed E-state index contributed by atoms with van der Waals surface area (Å²) >= 11 is 0. The van der Waals surface area contributed by atoms with E-state index in [-0.39, 0.29) is 5.92 Å². The molecule has 3 atom stereocenters. The zero-order chi connectivity index (χ0) is 22.7. The predicted molar refractivity (Wildman–Crippen MR) is 128 cm³/mol. The van der Waals surface area contributed by atoms with Crippen molar-refractivity contribution in [3.8, 4) is 0 Å². The van der Waals surface area contributed by atoms with Gasteiger partial charge in [0.25, 0.3) is 0 Å². The first kappa shape index (κ1) is 21.1. The van der Waals surface area contributed by atoms with E-state index in [1.54, 1.807) is 4.31 Å². The van der Waals surface area contributed by atoms with Crippen LogP contribution in [-0.2, 0) is 10.0 Å². The van der Waals surface area contributed by atoms with Crippen LogP contribution in [0.15, 0.2) is 36.5 Å². The summed E-state index contributed by atoms with van der Waals surface area (Å²) < 4.78 is 25.4. The zero-order valence-corrected chi connectivity index (χ0v) is 20.1. The van der Waals surface area contributed by atoms with Gasteiger partial charge in [0.2, 0.25) is 10.0 Å². The van der Waals surface area contributed by atoms with Gasteiger partial charge in [-0.05, 0) is 69.2 Å². The molecule has 2 aromatic heterocycles. The van der Waals surface area contributed by atoms with Crippen molar-refractivity contribution >= 4 is 21.4 Å². The molecule has 0 radical (unpaired) electrons. The fourth-order valence-electron chi connectivity index (χ4n) is 6.31. The SMILES string of the molecule is Cc1cccc(C2=C(c3ccnc(C4CCN(S(C)(=O)=O)CC4)c3)N3C4CCC(C4)C3N2)n1. The van der Waals surface area contributed by atoms with Gasteiger partial charge in [0.05, 0.1) is 23.3 Å². The Hall–Kier alpha value is -2.45. The van der Waals surface area contributed by atoms with E-state index >= 15 is 0 Å². The summed E-state index contributed by atoms with van der Waals surface area (Å²) in [6, 6.07) is 11.2. The van der Waals surface area contributed by atoms with E-state index in [9.17, 15) is 8.42 Å². The van der Waals surface area contributed by atoms with E-state index in [0.717, 1.165) is 35.6 Å². The van der Waals surface area contributed by atoms with Crippen molar-refractivity contribution in [2.45, 2.75) is 57.2 Å². The fourth-order valence-corrected chi connectivity index (χ4v) is 7.19. The highest BCUT2D eigenvalue weighted by molar-refractivity contribution is 7.88. The van der Waals surface area contributed by atoms with Crippen molar-refractivity contribution in [2.75, 3.05) is 19.3 Å². The van der Waals surface area contributed by atoms with Crippen LogP contribution in [0.4, 0.5) is 0 Å². The van der Waals surface area contributed by atoms with Crippen LogP contribution in [-0.4, -0.2) is 59.1 Å². The van der Waals surface area contributed by atoms with E-state index in [4.69, 9.17) is 9.97 Å². The number of nitrogens with one attached hydrogen (secondary N) is 1. The molecule has 0 aromatic carbocycles. The zero-order valence-electron chi connectivity index (χ0n) is 19.2. The van der Waals surface area contributed by atoms with Crippen LogP contribution >= 0.6 is 0 Å². The summed E-state index contributed by atoms with van der Waals surface area (Å²) in [6.07, 6.45) is 9.00. The van der Waals surface area contributed by atoms with E-state index in [2.05, 4.69) is 34.5 Å². The van der Waals surface area contributed by atoms with Crippen LogP contribution in [0, 0.1) is 12.8 Å². The molecule has 33 heavy (non-hydrogen) atoms. The molecule has 6 rings (SSSR count). The van der Waals surface area contributed by atoms with Crippen LogP contribution in [0.25, 0.3) is 11.4 Å². The van der Waals surface area contributed by atoms with Gasteiger partial charge in [-0.15, -0.1) is 0 Å². The van der Waals surface area contributed by atoms with Gasteiger partial charge in [-0.25, -0.2) is 12.7 Å². The summed E-state index contributed by atoms with van der Waals surface area (Å²) in [5.41, 5.74) is 6.65. The minimum absolute atomic E-state index is 0.282. The highest BCUT2D eigenvalue weighted by Gasteiger charge is 2.51. The molecule has 3 unspecified atom stereocenters. The van der Waals surface area contributed by atoms with Gasteiger partial charge in [0.1, 0.15) is 6.17 Å². The van der Waals surface area contributed by atoms with E-state index in [0.29, 0.717) is 31.2 Å². The van der Waals surface area contributed by atoms with Crippen LogP contribution in [0.3, 0.4) is 0 Å². The van der Waals surface area contributed by atoms with Gasteiger partial charge in [-0.2, -0.15) is 0 Å². The average molecular weight is 466 g/mol. The van der Waals surface area contributed by atoms with Gasteiger partial charge in [0, 0.05) is 48.2 Å². The van der Waals surface area contributed by atoms with Crippen molar-refractivity contribution in [3.63, 3.8) is 0 Å². The first-order valence-electron chi connectivity index (χ1n) is 12.0. The Kier molecular flexibility index (Phi) is 4.99. The number of piperidine rings is 2. The molecule has 7 nitrogen and oxygen atoms in total. The Morgan fingerprint density at radius 1 is 1.09 bits per heavy atom. The number of pyridine rings is 2. The normalized spacial score (nSPS) is 27.8. The van der Waals surface area contributed by atoms with Gasteiger partial charge in [-0.1, -0.05) is 6.07 Å². The van der Waals surface area contributed by atoms with Crippen LogP contribution in [0.1, 0.15) is 60.7 Å². The smallest absolute Gasteiger partial charge is 0.211 e. The number of hydrogen-bond acceptors (Lipinski definition) is 6. The second kappa shape index (κ2) is 7.81. The summed E-state index contributed by atoms with van der Waals surface area (Å²) in [7, 11) is -3.13. The van der Waals surface area contributed by atoms with Crippen molar-refractivity contribution in [1.29, 1.82) is 0 Å². The maximum Gasteiger partial charge on any atom is 0.211 e. The lowest BCUT2D eigenvalue weighted by Gasteiger charge is -2.33. The molecule has 2 bridgehead atoms. The van der Waals surface area contributed by atoms with Crippen LogP contribution in [0.5, 0.6) is 0 Å². The number of rotatable bonds is 4. The Morgan fingerprint density at radius 3 is 2.67 bits per heavy atom. The number of fused-ring (bicyclic) bond motifs is 5. The van der Waals surface area contributed by atoms with Crippen LogP contribution in [0.2, 0.25) is 0 Å². The van der Waals surface area contributed by atoms with Gasteiger partial charge < -0.3 is 10.2 Å². The molecule has 0 amide bonds. The number of aromatic nitrogens is 2. The molecule has 174 valence electrons. The lowest BCUT2D eigenvalue weighted by Crippen LogP contribution is -2.41. The van der Waals surface area contributed by atoms with Gasteiger partial charge >= 0.3 is 0 Å². The van der Waals surface area contributed by atoms with Crippen LogP contribution < -0.4 is 5.32 Å². The maximum atomic E-state index is 11.9. The van der Waals surface area contributed by atoms with Crippen molar-refractivity contribution in [2.24, 2.45) is 5.92 Å². The monoisotopic (exact) mass is 465 g/mol. The van der Waals surface area contributed by atoms with Crippen molar-refractivity contribution in [1.82, 2.24) is 24.5 Å². The Balaban J connectivity index is 1.36. The third kappa shape index (κ3) is 3.64. The Bertz CT molecular complexity index is 1220. The van der Waals surface area contributed by atoms with Gasteiger partial charge in [-0.3, -0.25) is 9.97 Å². The molecule has 4 aliphatic rings. The van der Waals surface area contributed by atoms with E-state index in [1.165, 1.54) is 36.8 Å². The molecule has 1 saturated carbocycles. The minimum Gasteiger partial charge on any atom is -0.361 e. The van der Waals surface area contributed by atoms with Crippen molar-refractivity contribution in [3.05, 3.63) is 59.2 Å². The highest BCUT2D eigenvalue weighted by atomic mass is 32.2. The molecular weight excluding hydrogens is 434 g/mol. The lowest BCUT2D eigenvalue weighted by molar-refractivity contribution is 0.218. The Morgan fingerprint density at radius 2 is 1.91 bits per heavy atom. The minimum atomic E-state index is -3.13. The van der Waals surface area contributed by atoms with E-state index < -0.39 is 10.0 Å². The number of aryl methyl sites for hydroxylation is 1. The molecule has 0 spiro atoms. The number of nitrogens with zero attached hydrogens (tertiary/aromatic N) is 4. The summed E-state index contributed by atoms with van der Waals surface area (Å²) in [4.78, 5) is 12.2. The average Bonchev–Trinajstić information content (AvgIpc) is 3.51. The summed E-state index contributed by atoms with van der Waals surface area (Å²) in [6.45, 7) is 3.17. The molecule has 1 N–H and O–H groups in total. The maximum absolute atomic E-state index is 11.9. The standard InChI is InChI=1S/C25H31N5O2S/c1-16-4-3-5-21(27-16)23-24(30-20-7-6-19(14-20)25(30)28-23)18-8-11-26-22(15-18)17-9-12-29(13-10-17)33(2,31)32/h3-5,8,11,15,17,19-20,25,28H,6-7,9-10,12-14H2,1-2H3. The molecule has 3 aliphatic heterocycles. The number of sulfonamides is 1. The molecule has 2 aromatic rings. The molecule has 1 aliphatic carbocycles. The third-order valence-electron chi connectivity index (χ3n) is 7.91. The molecule has 3 fully saturated rings. The molecule has 5 heterocycles. The first-order chi connectivity index (χ1) is 15.9. The van der Waals surface area contributed by atoms with E-state index in [1.807, 2.05) is 19.2 Å². The first-order valence-corrected chi connectivity index (χ1v) is 13.9. The quantitative estimate of drug-likeness (QED) is 0.747. The number of hydrogen-bond donors (Lipinski definition) is 1. The molecule has 2 saturated heterocycles. The fraction of sp³-hybridized carbons (Fsp3) is 0.520. The largest absolute Gasteiger partial charge is 0.361 e. The topological polar surface area (TPSA) is 78.4 Å². The summed E-state index contributed by atoms with van der Waals surface area (Å²) in [5, 5.41) is 3.85. The molecule has 8 heteroatoms. The van der Waals surface area contributed by atoms with Crippen molar-refractivity contribution < 1.29 is 8.42 Å². The Labute approximate surface area is 196 Å². The second-order valence-electron chi connectivity index (χ2n) is 10.0. The summed E-state index contributed by atoms with van der Waals surface area (Å²) in [5.74, 6) is 0.971. The second-order valence-corrected chi connectivity index (χ2v) is 12.0. The predicted octanol–water partition coefficient (Wildman–Crippen LogP) is 3.16. The lowest BCUT2D eigenvalue weighted by atomic mass is 9.92.